The van der Waals surface area contributed by atoms with Crippen LogP contribution in [0.3, 0.4) is 0 Å². The zero-order valence-electron chi connectivity index (χ0n) is 8.51. The van der Waals surface area contributed by atoms with E-state index >= 15 is 0 Å². The molecule has 0 aromatic carbocycles. The summed E-state index contributed by atoms with van der Waals surface area (Å²) in [4.78, 5) is 23.1. The first-order valence-electron chi connectivity index (χ1n) is 5.09. The van der Waals surface area contributed by atoms with E-state index in [9.17, 15) is 9.59 Å². The van der Waals surface area contributed by atoms with Crippen molar-refractivity contribution < 1.29 is 23.8 Å². The van der Waals surface area contributed by atoms with Crippen LogP contribution in [0.2, 0.25) is 0 Å². The molecule has 3 aliphatic heterocycles. The van der Waals surface area contributed by atoms with Gasteiger partial charge in [-0.25, -0.2) is 0 Å². The minimum atomic E-state index is -0.471. The Morgan fingerprint density at radius 2 is 2.07 bits per heavy atom. The van der Waals surface area contributed by atoms with Gasteiger partial charge in [-0.15, -0.1) is 0 Å². The highest BCUT2D eigenvalue weighted by atomic mass is 16.6. The average Bonchev–Trinajstić information content (AvgIpc) is 2.80. The van der Waals surface area contributed by atoms with Crippen LogP contribution >= 0.6 is 0 Å². The van der Waals surface area contributed by atoms with Gasteiger partial charge in [-0.05, 0) is 0 Å². The predicted octanol–water partition coefficient (Wildman–Crippen LogP) is -0.266. The molecule has 0 spiro atoms. The lowest BCUT2D eigenvalue weighted by atomic mass is 9.75. The second-order valence-electron chi connectivity index (χ2n) is 4.40. The van der Waals surface area contributed by atoms with Gasteiger partial charge in [0.25, 0.3) is 0 Å². The highest BCUT2D eigenvalue weighted by Crippen LogP contribution is 2.52. The van der Waals surface area contributed by atoms with Crippen LogP contribution in [0, 0.1) is 17.8 Å². The normalized spacial score (nSPS) is 50.7. The maximum Gasteiger partial charge on any atom is 0.313 e. The second kappa shape index (κ2) is 2.72. The molecule has 6 atom stereocenters. The highest BCUT2D eigenvalue weighted by Gasteiger charge is 2.69. The Bertz CT molecular complexity index is 339. The zero-order valence-corrected chi connectivity index (χ0v) is 8.51. The summed E-state index contributed by atoms with van der Waals surface area (Å²) in [7, 11) is 1.33. The first kappa shape index (κ1) is 9.15. The number of hydrogen-bond acceptors (Lipinski definition) is 5. The molecule has 0 radical (unpaired) electrons. The van der Waals surface area contributed by atoms with E-state index in [1.54, 1.807) is 0 Å². The molecular formula is C10H12O5. The zero-order chi connectivity index (χ0) is 10.7. The molecule has 6 unspecified atom stereocenters. The molecule has 5 nitrogen and oxygen atoms in total. The van der Waals surface area contributed by atoms with Gasteiger partial charge in [-0.2, -0.15) is 0 Å². The SMILES string of the molecule is COC(=O)C1C2OC3C(OC(=O)C31)C2C. The summed E-state index contributed by atoms with van der Waals surface area (Å²) in [5.74, 6) is -1.50. The van der Waals surface area contributed by atoms with E-state index in [4.69, 9.17) is 14.2 Å². The van der Waals surface area contributed by atoms with Gasteiger partial charge in [0, 0.05) is 5.92 Å². The Kier molecular flexibility index (Phi) is 1.66. The van der Waals surface area contributed by atoms with Gasteiger partial charge in [-0.3, -0.25) is 9.59 Å². The van der Waals surface area contributed by atoms with Gasteiger partial charge >= 0.3 is 11.9 Å². The van der Waals surface area contributed by atoms with Crippen molar-refractivity contribution in [3.63, 3.8) is 0 Å². The molecule has 3 aliphatic rings. The fourth-order valence-corrected chi connectivity index (χ4v) is 3.06. The molecule has 5 heteroatoms. The van der Waals surface area contributed by atoms with E-state index in [1.165, 1.54) is 7.11 Å². The summed E-state index contributed by atoms with van der Waals surface area (Å²) in [5.41, 5.74) is 0. The first-order valence-corrected chi connectivity index (χ1v) is 5.09. The Hall–Kier alpha value is -1.10. The number of methoxy groups -OCH3 is 1. The van der Waals surface area contributed by atoms with Gasteiger partial charge in [0.15, 0.2) is 0 Å². The summed E-state index contributed by atoms with van der Waals surface area (Å²) in [6.07, 6.45) is -0.612. The van der Waals surface area contributed by atoms with Crippen molar-refractivity contribution in [3.05, 3.63) is 0 Å². The van der Waals surface area contributed by atoms with E-state index in [2.05, 4.69) is 0 Å². The Morgan fingerprint density at radius 3 is 2.73 bits per heavy atom. The van der Waals surface area contributed by atoms with Crippen molar-refractivity contribution >= 4 is 11.9 Å². The molecule has 3 fully saturated rings. The predicted molar refractivity (Wildman–Crippen MR) is 46.7 cm³/mol. The molecule has 3 saturated heterocycles. The lowest BCUT2D eigenvalue weighted by Crippen LogP contribution is -2.41. The van der Waals surface area contributed by atoms with Crippen LogP contribution in [0.5, 0.6) is 0 Å². The van der Waals surface area contributed by atoms with Gasteiger partial charge < -0.3 is 14.2 Å². The van der Waals surface area contributed by atoms with Crippen LogP contribution in [0.4, 0.5) is 0 Å². The van der Waals surface area contributed by atoms with Crippen LogP contribution in [0.15, 0.2) is 0 Å². The largest absolute Gasteiger partial charge is 0.469 e. The third-order valence-corrected chi connectivity index (χ3v) is 3.77. The summed E-state index contributed by atoms with van der Waals surface area (Å²) < 4.78 is 15.5. The van der Waals surface area contributed by atoms with Crippen LogP contribution in [0.25, 0.3) is 0 Å². The number of ether oxygens (including phenoxy) is 3. The van der Waals surface area contributed by atoms with E-state index in [0.717, 1.165) is 0 Å². The smallest absolute Gasteiger partial charge is 0.313 e. The van der Waals surface area contributed by atoms with E-state index in [0.29, 0.717) is 0 Å². The lowest BCUT2D eigenvalue weighted by Gasteiger charge is -2.23. The van der Waals surface area contributed by atoms with Crippen LogP contribution in [0.1, 0.15) is 6.92 Å². The van der Waals surface area contributed by atoms with E-state index in [1.807, 2.05) is 6.92 Å². The molecule has 0 aliphatic carbocycles. The Morgan fingerprint density at radius 1 is 1.33 bits per heavy atom. The molecule has 3 heterocycles. The maximum atomic E-state index is 11.6. The van der Waals surface area contributed by atoms with Crippen molar-refractivity contribution in [1.29, 1.82) is 0 Å². The minimum Gasteiger partial charge on any atom is -0.469 e. The standard InChI is InChI=1S/C10H12O5/c1-3-6-4(9(11)13-2)5-8(14-6)7(3)15-10(5)12/h3-8H,1-2H3. The molecule has 0 N–H and O–H groups in total. The number of carbonyl (C=O) groups is 2. The van der Waals surface area contributed by atoms with Crippen LogP contribution in [-0.4, -0.2) is 37.4 Å². The molecular weight excluding hydrogens is 200 g/mol. The van der Waals surface area contributed by atoms with Crippen LogP contribution in [-0.2, 0) is 23.8 Å². The van der Waals surface area contributed by atoms with Crippen molar-refractivity contribution in [3.8, 4) is 0 Å². The number of hydrogen-bond donors (Lipinski definition) is 0. The average molecular weight is 212 g/mol. The maximum absolute atomic E-state index is 11.6. The van der Waals surface area contributed by atoms with Crippen molar-refractivity contribution in [1.82, 2.24) is 0 Å². The third kappa shape index (κ3) is 0.916. The number of fused-ring (bicyclic) bond motifs is 1. The molecule has 0 aromatic heterocycles. The van der Waals surface area contributed by atoms with Crippen molar-refractivity contribution in [2.75, 3.05) is 7.11 Å². The van der Waals surface area contributed by atoms with Crippen LogP contribution < -0.4 is 0 Å². The summed E-state index contributed by atoms with van der Waals surface area (Å²) in [6, 6.07) is 0. The van der Waals surface area contributed by atoms with Gasteiger partial charge in [0.2, 0.25) is 0 Å². The molecule has 0 aromatic rings. The molecule has 0 saturated carbocycles. The molecule has 2 bridgehead atoms. The van der Waals surface area contributed by atoms with Crippen molar-refractivity contribution in [2.45, 2.75) is 25.2 Å². The van der Waals surface area contributed by atoms with E-state index < -0.39 is 11.8 Å². The summed E-state index contributed by atoms with van der Waals surface area (Å²) >= 11 is 0. The fraction of sp³-hybridized carbons (Fsp3) is 0.800. The van der Waals surface area contributed by atoms with Gasteiger partial charge in [-0.1, -0.05) is 6.92 Å². The van der Waals surface area contributed by atoms with Gasteiger partial charge in [0.05, 0.1) is 19.1 Å². The molecule has 3 rings (SSSR count). The molecule has 15 heavy (non-hydrogen) atoms. The third-order valence-electron chi connectivity index (χ3n) is 3.77. The molecule has 82 valence electrons. The first-order chi connectivity index (χ1) is 7.15. The highest BCUT2D eigenvalue weighted by molar-refractivity contribution is 5.86. The number of esters is 2. The monoisotopic (exact) mass is 212 g/mol. The van der Waals surface area contributed by atoms with Crippen molar-refractivity contribution in [2.24, 2.45) is 17.8 Å². The van der Waals surface area contributed by atoms with Gasteiger partial charge in [0.1, 0.15) is 18.1 Å². The summed E-state index contributed by atoms with van der Waals surface area (Å²) in [5, 5.41) is 0. The Balaban J connectivity index is 1.98. The summed E-state index contributed by atoms with van der Waals surface area (Å²) in [6.45, 7) is 1.94. The Labute approximate surface area is 86.7 Å². The number of rotatable bonds is 1. The second-order valence-corrected chi connectivity index (χ2v) is 4.40. The quantitative estimate of drug-likeness (QED) is 0.560. The lowest BCUT2D eigenvalue weighted by molar-refractivity contribution is -0.153. The topological polar surface area (TPSA) is 61.8 Å². The molecule has 0 amide bonds. The fourth-order valence-electron chi connectivity index (χ4n) is 3.06. The number of carbonyl (C=O) groups excluding carboxylic acids is 2. The van der Waals surface area contributed by atoms with E-state index in [-0.39, 0.29) is 36.2 Å². The minimum absolute atomic E-state index is 0.0850.